The molecule has 0 aliphatic carbocycles. The molecule has 8 heteroatoms. The molecule has 4 rings (SSSR count). The first kappa shape index (κ1) is 18.9. The van der Waals surface area contributed by atoms with Gasteiger partial charge in [-0.1, -0.05) is 0 Å². The summed E-state index contributed by atoms with van der Waals surface area (Å²) < 4.78 is 12.6. The number of nitrogens with one attached hydrogen (secondary N) is 1. The molecule has 3 aromatic heterocycles. The highest BCUT2D eigenvalue weighted by atomic mass is 32.1. The Labute approximate surface area is 171 Å². The van der Waals surface area contributed by atoms with Crippen LogP contribution < -0.4 is 14.8 Å². The number of hydrogen-bond donors (Lipinski definition) is 1. The lowest BCUT2D eigenvalue weighted by atomic mass is 10.2. The lowest BCUT2D eigenvalue weighted by Crippen LogP contribution is -2.12. The number of fused-ring (bicyclic) bond motifs is 1. The average Bonchev–Trinajstić information content (AvgIpc) is 3.38. The quantitative estimate of drug-likeness (QED) is 0.510. The maximum Gasteiger partial charge on any atom is 0.275 e. The smallest absolute Gasteiger partial charge is 0.275 e. The third kappa shape index (κ3) is 3.66. The maximum atomic E-state index is 12.7. The fourth-order valence-electron chi connectivity index (χ4n) is 3.11. The van der Waals surface area contributed by atoms with Crippen molar-refractivity contribution in [2.75, 3.05) is 19.5 Å². The summed E-state index contributed by atoms with van der Waals surface area (Å²) in [6, 6.07) is 9.13. The Hall–Kier alpha value is -3.39. The van der Waals surface area contributed by atoms with Crippen molar-refractivity contribution in [1.82, 2.24) is 14.5 Å². The van der Waals surface area contributed by atoms with Gasteiger partial charge in [-0.05, 0) is 19.1 Å². The van der Waals surface area contributed by atoms with Crippen LogP contribution >= 0.6 is 11.3 Å². The fraction of sp³-hybridized carbons (Fsp3) is 0.190. The molecule has 0 radical (unpaired) electrons. The highest BCUT2D eigenvalue weighted by Gasteiger charge is 2.17. The molecule has 7 nitrogen and oxygen atoms in total. The summed E-state index contributed by atoms with van der Waals surface area (Å²) in [6.07, 6.45) is 3.81. The van der Waals surface area contributed by atoms with Gasteiger partial charge in [-0.25, -0.2) is 9.97 Å². The van der Waals surface area contributed by atoms with Gasteiger partial charge in [0.2, 0.25) is 0 Å². The average molecular weight is 408 g/mol. The summed E-state index contributed by atoms with van der Waals surface area (Å²) in [5.41, 5.74) is 2.82. The van der Waals surface area contributed by atoms with Gasteiger partial charge in [0.05, 0.1) is 14.2 Å². The van der Waals surface area contributed by atoms with Crippen LogP contribution in [0.1, 0.15) is 17.4 Å². The number of methoxy groups -OCH3 is 2. The molecule has 1 aromatic carbocycles. The molecule has 0 aliphatic heterocycles. The lowest BCUT2D eigenvalue weighted by Gasteiger charge is -2.09. The second-order valence-corrected chi connectivity index (χ2v) is 7.15. The standard InChI is InChI=1S/C21H20N4O3S/c1-4-25-11-17(16-6-5-7-22-19(16)25)21-24-18(12-29-21)20(26)23-13-8-14(27-2)10-15(9-13)28-3/h5-12H,4H2,1-3H3,(H,23,26). The summed E-state index contributed by atoms with van der Waals surface area (Å²) in [6.45, 7) is 2.88. The molecule has 3 heterocycles. The number of rotatable bonds is 6. The molecule has 0 fully saturated rings. The third-order valence-electron chi connectivity index (χ3n) is 4.55. The van der Waals surface area contributed by atoms with E-state index in [9.17, 15) is 4.79 Å². The van der Waals surface area contributed by atoms with Crippen molar-refractivity contribution in [3.8, 4) is 22.1 Å². The number of carbonyl (C=O) groups excluding carboxylic acids is 1. The normalized spacial score (nSPS) is 10.9. The molecule has 4 aromatic rings. The first-order valence-electron chi connectivity index (χ1n) is 9.07. The zero-order chi connectivity index (χ0) is 20.4. The van der Waals surface area contributed by atoms with Crippen LogP contribution in [-0.2, 0) is 6.54 Å². The second-order valence-electron chi connectivity index (χ2n) is 6.30. The number of aryl methyl sites for hydroxylation is 1. The van der Waals surface area contributed by atoms with Crippen molar-refractivity contribution in [2.45, 2.75) is 13.5 Å². The molecule has 0 saturated heterocycles. The first-order chi connectivity index (χ1) is 14.1. The van der Waals surface area contributed by atoms with Gasteiger partial charge in [0.1, 0.15) is 27.8 Å². The molecule has 148 valence electrons. The molecule has 0 saturated carbocycles. The second kappa shape index (κ2) is 7.92. The van der Waals surface area contributed by atoms with Gasteiger partial charge >= 0.3 is 0 Å². The number of anilines is 1. The van der Waals surface area contributed by atoms with Crippen molar-refractivity contribution in [2.24, 2.45) is 0 Å². The van der Waals surface area contributed by atoms with E-state index in [-0.39, 0.29) is 5.91 Å². The van der Waals surface area contributed by atoms with Gasteiger partial charge in [0.25, 0.3) is 5.91 Å². The van der Waals surface area contributed by atoms with E-state index in [2.05, 4.69) is 26.8 Å². The number of thiazole rings is 1. The largest absolute Gasteiger partial charge is 0.497 e. The SMILES string of the molecule is CCn1cc(-c2nc(C(=O)Nc3cc(OC)cc(OC)c3)cs2)c2cccnc21. The van der Waals surface area contributed by atoms with E-state index in [1.807, 2.05) is 18.3 Å². The molecule has 0 unspecified atom stereocenters. The first-order valence-corrected chi connectivity index (χ1v) is 9.95. The summed E-state index contributed by atoms with van der Waals surface area (Å²) in [5.74, 6) is 0.900. The number of nitrogens with zero attached hydrogens (tertiary/aromatic N) is 3. The van der Waals surface area contributed by atoms with E-state index < -0.39 is 0 Å². The van der Waals surface area contributed by atoms with Crippen molar-refractivity contribution >= 4 is 34.0 Å². The number of pyridine rings is 1. The minimum Gasteiger partial charge on any atom is -0.497 e. The van der Waals surface area contributed by atoms with E-state index in [1.165, 1.54) is 11.3 Å². The molecule has 0 bridgehead atoms. The number of amides is 1. The Bertz CT molecular complexity index is 1160. The molecular weight excluding hydrogens is 388 g/mol. The van der Waals surface area contributed by atoms with E-state index in [0.717, 1.165) is 28.1 Å². The van der Waals surface area contributed by atoms with Gasteiger partial charge in [-0.15, -0.1) is 11.3 Å². The molecule has 0 atom stereocenters. The zero-order valence-corrected chi connectivity index (χ0v) is 17.1. The summed E-state index contributed by atoms with van der Waals surface area (Å²) >= 11 is 1.43. The van der Waals surface area contributed by atoms with Gasteiger partial charge < -0.3 is 19.4 Å². The Morgan fingerprint density at radius 3 is 2.66 bits per heavy atom. The Balaban J connectivity index is 1.62. The van der Waals surface area contributed by atoms with Crippen LogP contribution in [0, 0.1) is 0 Å². The van der Waals surface area contributed by atoms with Crippen LogP contribution in [-0.4, -0.2) is 34.7 Å². The minimum absolute atomic E-state index is 0.292. The summed E-state index contributed by atoms with van der Waals surface area (Å²) in [4.78, 5) is 21.7. The third-order valence-corrected chi connectivity index (χ3v) is 5.43. The molecule has 0 aliphatic rings. The highest BCUT2D eigenvalue weighted by Crippen LogP contribution is 2.32. The fourth-order valence-corrected chi connectivity index (χ4v) is 3.93. The van der Waals surface area contributed by atoms with Crippen molar-refractivity contribution in [3.05, 3.63) is 53.8 Å². The number of benzene rings is 1. The minimum atomic E-state index is -0.292. The van der Waals surface area contributed by atoms with E-state index in [1.54, 1.807) is 44.0 Å². The number of hydrogen-bond acceptors (Lipinski definition) is 6. The van der Waals surface area contributed by atoms with Gasteiger partial charge in [0, 0.05) is 59.2 Å². The Morgan fingerprint density at radius 2 is 1.97 bits per heavy atom. The molecule has 29 heavy (non-hydrogen) atoms. The Morgan fingerprint density at radius 1 is 1.21 bits per heavy atom. The highest BCUT2D eigenvalue weighted by molar-refractivity contribution is 7.13. The monoisotopic (exact) mass is 408 g/mol. The predicted octanol–water partition coefficient (Wildman–Crippen LogP) is 4.45. The number of carbonyl (C=O) groups is 1. The van der Waals surface area contributed by atoms with Gasteiger partial charge in [0.15, 0.2) is 0 Å². The molecule has 1 N–H and O–H groups in total. The van der Waals surface area contributed by atoms with Gasteiger partial charge in [-0.2, -0.15) is 0 Å². The van der Waals surface area contributed by atoms with Crippen molar-refractivity contribution in [1.29, 1.82) is 0 Å². The van der Waals surface area contributed by atoms with Crippen LogP contribution in [0.25, 0.3) is 21.6 Å². The molecular formula is C21H20N4O3S. The van der Waals surface area contributed by atoms with Crippen LogP contribution in [0.3, 0.4) is 0 Å². The lowest BCUT2D eigenvalue weighted by molar-refractivity contribution is 0.102. The van der Waals surface area contributed by atoms with E-state index >= 15 is 0 Å². The van der Waals surface area contributed by atoms with Gasteiger partial charge in [-0.3, -0.25) is 4.79 Å². The summed E-state index contributed by atoms with van der Waals surface area (Å²) in [5, 5.41) is 6.41. The number of ether oxygens (including phenoxy) is 2. The predicted molar refractivity (Wildman–Crippen MR) is 114 cm³/mol. The zero-order valence-electron chi connectivity index (χ0n) is 16.3. The summed E-state index contributed by atoms with van der Waals surface area (Å²) in [7, 11) is 3.13. The number of aromatic nitrogens is 3. The maximum absolute atomic E-state index is 12.7. The van der Waals surface area contributed by atoms with Crippen molar-refractivity contribution in [3.63, 3.8) is 0 Å². The Kier molecular flexibility index (Phi) is 5.18. The molecule has 0 spiro atoms. The van der Waals surface area contributed by atoms with Crippen LogP contribution in [0.5, 0.6) is 11.5 Å². The van der Waals surface area contributed by atoms with Crippen LogP contribution in [0.4, 0.5) is 5.69 Å². The van der Waals surface area contributed by atoms with Crippen LogP contribution in [0.2, 0.25) is 0 Å². The van der Waals surface area contributed by atoms with Crippen molar-refractivity contribution < 1.29 is 14.3 Å². The van der Waals surface area contributed by atoms with E-state index in [0.29, 0.717) is 22.9 Å². The van der Waals surface area contributed by atoms with Crippen LogP contribution in [0.15, 0.2) is 48.1 Å². The topological polar surface area (TPSA) is 78.3 Å². The molecule has 1 amide bonds. The van der Waals surface area contributed by atoms with E-state index in [4.69, 9.17) is 9.47 Å².